The maximum absolute atomic E-state index is 11.7. The first kappa shape index (κ1) is 23.0. The Morgan fingerprint density at radius 2 is 1.35 bits per heavy atom. The van der Waals surface area contributed by atoms with E-state index in [0.29, 0.717) is 0 Å². The molecule has 8 heteroatoms. The highest BCUT2D eigenvalue weighted by molar-refractivity contribution is 5.97. The standard InChI is InChI=1S/C18H22O8/c1-11(2)16(21)25-14(19)7-6-8-15(20)26-18(23)13(4)10-9-12(3)17(22)24-5/h10H,1,3,6-9H2,2,4-5H3. The van der Waals surface area contributed by atoms with Crippen LogP contribution in [0.15, 0.2) is 36.0 Å². The smallest absolute Gasteiger partial charge is 0.341 e. The molecule has 0 atom stereocenters. The van der Waals surface area contributed by atoms with Crippen LogP contribution in [0.5, 0.6) is 0 Å². The average Bonchev–Trinajstić information content (AvgIpc) is 2.57. The van der Waals surface area contributed by atoms with Crippen LogP contribution in [0.2, 0.25) is 0 Å². The lowest BCUT2D eigenvalue weighted by Crippen LogP contribution is -2.15. The van der Waals surface area contributed by atoms with E-state index in [9.17, 15) is 24.0 Å². The van der Waals surface area contributed by atoms with Gasteiger partial charge in [0.25, 0.3) is 0 Å². The summed E-state index contributed by atoms with van der Waals surface area (Å²) in [5.74, 6) is -3.92. The zero-order valence-corrected chi connectivity index (χ0v) is 15.1. The second-order valence-corrected chi connectivity index (χ2v) is 5.34. The molecule has 0 aromatic rings. The number of carbonyl (C=O) groups is 5. The van der Waals surface area contributed by atoms with Gasteiger partial charge in [0.1, 0.15) is 0 Å². The molecule has 0 unspecified atom stereocenters. The summed E-state index contributed by atoms with van der Waals surface area (Å²) in [6.45, 7) is 9.64. The summed E-state index contributed by atoms with van der Waals surface area (Å²) in [5, 5.41) is 0. The molecule has 0 spiro atoms. The second kappa shape index (κ2) is 11.5. The van der Waals surface area contributed by atoms with Crippen molar-refractivity contribution >= 4 is 29.8 Å². The summed E-state index contributed by atoms with van der Waals surface area (Å²) in [7, 11) is 1.21. The van der Waals surface area contributed by atoms with Gasteiger partial charge in [-0.05, 0) is 26.7 Å². The summed E-state index contributed by atoms with van der Waals surface area (Å²) in [6, 6.07) is 0. The van der Waals surface area contributed by atoms with E-state index in [1.807, 2.05) is 0 Å². The molecule has 26 heavy (non-hydrogen) atoms. The molecule has 0 radical (unpaired) electrons. The van der Waals surface area contributed by atoms with Gasteiger partial charge in [0.15, 0.2) is 0 Å². The van der Waals surface area contributed by atoms with Crippen LogP contribution < -0.4 is 0 Å². The summed E-state index contributed by atoms with van der Waals surface area (Å²) < 4.78 is 13.5. The Morgan fingerprint density at radius 1 is 0.846 bits per heavy atom. The van der Waals surface area contributed by atoms with Crippen LogP contribution in [0.4, 0.5) is 0 Å². The molecule has 0 saturated carbocycles. The summed E-state index contributed by atoms with van der Waals surface area (Å²) in [4.78, 5) is 56.9. The molecule has 0 aliphatic rings. The molecule has 0 N–H and O–H groups in total. The van der Waals surface area contributed by atoms with Crippen LogP contribution >= 0.6 is 0 Å². The van der Waals surface area contributed by atoms with E-state index in [2.05, 4.69) is 27.4 Å². The molecule has 0 fully saturated rings. The molecule has 0 aromatic heterocycles. The van der Waals surface area contributed by atoms with Crippen molar-refractivity contribution in [3.63, 3.8) is 0 Å². The summed E-state index contributed by atoms with van der Waals surface area (Å²) in [6.07, 6.45) is 1.12. The number of methoxy groups -OCH3 is 1. The maximum Gasteiger partial charge on any atom is 0.341 e. The van der Waals surface area contributed by atoms with Crippen LogP contribution in [-0.2, 0) is 38.2 Å². The van der Waals surface area contributed by atoms with E-state index in [-0.39, 0.29) is 42.4 Å². The number of allylic oxidation sites excluding steroid dienone is 1. The summed E-state index contributed by atoms with van der Waals surface area (Å²) in [5.41, 5.74) is 0.351. The van der Waals surface area contributed by atoms with Crippen molar-refractivity contribution in [3.05, 3.63) is 36.0 Å². The molecular weight excluding hydrogens is 344 g/mol. The van der Waals surface area contributed by atoms with E-state index in [0.717, 1.165) is 0 Å². The van der Waals surface area contributed by atoms with Gasteiger partial charge in [-0.1, -0.05) is 19.2 Å². The quantitative estimate of drug-likeness (QED) is 0.263. The topological polar surface area (TPSA) is 113 Å². The lowest BCUT2D eigenvalue weighted by Gasteiger charge is -2.04. The van der Waals surface area contributed by atoms with Gasteiger partial charge in [0.05, 0.1) is 7.11 Å². The lowest BCUT2D eigenvalue weighted by atomic mass is 10.1. The van der Waals surface area contributed by atoms with Crippen LogP contribution in [0.3, 0.4) is 0 Å². The Labute approximate surface area is 151 Å². The van der Waals surface area contributed by atoms with Gasteiger partial charge in [-0.25, -0.2) is 14.4 Å². The first-order valence-electron chi connectivity index (χ1n) is 7.66. The van der Waals surface area contributed by atoms with Crippen LogP contribution in [0.1, 0.15) is 39.5 Å². The van der Waals surface area contributed by atoms with Crippen molar-refractivity contribution < 1.29 is 38.2 Å². The normalized spacial score (nSPS) is 10.5. The highest BCUT2D eigenvalue weighted by atomic mass is 16.6. The Kier molecular flexibility index (Phi) is 10.2. The van der Waals surface area contributed by atoms with E-state index in [1.165, 1.54) is 27.0 Å². The van der Waals surface area contributed by atoms with E-state index in [4.69, 9.17) is 0 Å². The molecular formula is C18H22O8. The predicted octanol–water partition coefficient (Wildman–Crippen LogP) is 1.94. The Hall–Kier alpha value is -3.03. The molecule has 142 valence electrons. The van der Waals surface area contributed by atoms with Crippen molar-refractivity contribution in [2.75, 3.05) is 7.11 Å². The molecule has 0 aliphatic carbocycles. The van der Waals surface area contributed by atoms with Gasteiger partial charge in [-0.2, -0.15) is 0 Å². The van der Waals surface area contributed by atoms with Gasteiger partial charge >= 0.3 is 29.8 Å². The molecule has 0 saturated heterocycles. The molecule has 0 bridgehead atoms. The van der Waals surface area contributed by atoms with Gasteiger partial charge in [-0.15, -0.1) is 0 Å². The van der Waals surface area contributed by atoms with E-state index >= 15 is 0 Å². The molecule has 0 aromatic carbocycles. The highest BCUT2D eigenvalue weighted by Crippen LogP contribution is 2.08. The largest absolute Gasteiger partial charge is 0.466 e. The minimum atomic E-state index is -0.868. The molecule has 0 aliphatic heterocycles. The van der Waals surface area contributed by atoms with E-state index in [1.54, 1.807) is 0 Å². The van der Waals surface area contributed by atoms with Crippen LogP contribution in [0.25, 0.3) is 0 Å². The van der Waals surface area contributed by atoms with Gasteiger partial charge in [-0.3, -0.25) is 9.59 Å². The zero-order chi connectivity index (χ0) is 20.3. The number of esters is 5. The van der Waals surface area contributed by atoms with Crippen LogP contribution in [0, 0.1) is 0 Å². The molecule has 8 nitrogen and oxygen atoms in total. The van der Waals surface area contributed by atoms with Crippen molar-refractivity contribution in [1.29, 1.82) is 0 Å². The number of ether oxygens (including phenoxy) is 3. The number of carbonyl (C=O) groups excluding carboxylic acids is 5. The number of hydrogen-bond acceptors (Lipinski definition) is 8. The fourth-order valence-corrected chi connectivity index (χ4v) is 1.44. The van der Waals surface area contributed by atoms with Gasteiger partial charge in [0, 0.05) is 29.6 Å². The lowest BCUT2D eigenvalue weighted by molar-refractivity contribution is -0.157. The third kappa shape index (κ3) is 9.31. The Bertz CT molecular complexity index is 654. The third-order valence-electron chi connectivity index (χ3n) is 2.97. The number of rotatable bonds is 9. The van der Waals surface area contributed by atoms with Crippen molar-refractivity contribution in [3.8, 4) is 0 Å². The summed E-state index contributed by atoms with van der Waals surface area (Å²) >= 11 is 0. The van der Waals surface area contributed by atoms with Crippen LogP contribution in [-0.4, -0.2) is 37.0 Å². The fourth-order valence-electron chi connectivity index (χ4n) is 1.44. The van der Waals surface area contributed by atoms with Crippen molar-refractivity contribution in [2.45, 2.75) is 39.5 Å². The molecule has 0 rings (SSSR count). The van der Waals surface area contributed by atoms with Crippen molar-refractivity contribution in [1.82, 2.24) is 0 Å². The maximum atomic E-state index is 11.7. The monoisotopic (exact) mass is 366 g/mol. The minimum absolute atomic E-state index is 0.0519. The average molecular weight is 366 g/mol. The van der Waals surface area contributed by atoms with Crippen molar-refractivity contribution in [2.24, 2.45) is 0 Å². The molecule has 0 amide bonds. The minimum Gasteiger partial charge on any atom is -0.466 e. The second-order valence-electron chi connectivity index (χ2n) is 5.34. The Balaban J connectivity index is 4.26. The predicted molar refractivity (Wildman–Crippen MR) is 90.4 cm³/mol. The third-order valence-corrected chi connectivity index (χ3v) is 2.97. The zero-order valence-electron chi connectivity index (χ0n) is 15.1. The Morgan fingerprint density at radius 3 is 1.81 bits per heavy atom. The SMILES string of the molecule is C=C(C)C(=O)OC(=O)CCCC(=O)OC(=O)C(C)=CCC(=C)C(=O)OC. The van der Waals surface area contributed by atoms with Gasteiger partial charge < -0.3 is 14.2 Å². The first-order valence-corrected chi connectivity index (χ1v) is 7.66. The number of hydrogen-bond donors (Lipinski definition) is 0. The van der Waals surface area contributed by atoms with Gasteiger partial charge in [0.2, 0.25) is 0 Å². The first-order chi connectivity index (χ1) is 12.1. The van der Waals surface area contributed by atoms with E-state index < -0.39 is 29.8 Å². The highest BCUT2D eigenvalue weighted by Gasteiger charge is 2.15. The fraction of sp³-hybridized carbons (Fsp3) is 0.389. The molecule has 0 heterocycles.